The van der Waals surface area contributed by atoms with Gasteiger partial charge in [-0.2, -0.15) is 0 Å². The number of hydrogen-bond donors (Lipinski definition) is 3. The van der Waals surface area contributed by atoms with E-state index < -0.39 is 36.4 Å². The predicted octanol–water partition coefficient (Wildman–Crippen LogP) is -15.3. The number of carboxylic acid groups (broad SMARTS) is 3. The number of carbonyl (C=O) groups is 3. The van der Waals surface area contributed by atoms with E-state index in [0.717, 1.165) is 0 Å². The summed E-state index contributed by atoms with van der Waals surface area (Å²) in [6, 6.07) is 0. The molecule has 12 heteroatoms. The molecule has 0 fully saturated rings. The summed E-state index contributed by atoms with van der Waals surface area (Å²) in [5, 5.41) is 54.2. The van der Waals surface area contributed by atoms with Crippen LogP contribution in [0.4, 0.5) is 0 Å². The van der Waals surface area contributed by atoms with E-state index in [0.29, 0.717) is 0 Å². The number of aliphatic hydroxyl groups excluding tert-OH is 2. The minimum atomic E-state index is -2.97. The van der Waals surface area contributed by atoms with Crippen LogP contribution in [0, 0.1) is 0 Å². The maximum absolute atomic E-state index is 10.1. The van der Waals surface area contributed by atoms with Crippen molar-refractivity contribution in [3.63, 3.8) is 0 Å². The maximum Gasteiger partial charge on any atom is 1.00 e. The van der Waals surface area contributed by atoms with Crippen LogP contribution in [0.5, 0.6) is 0 Å². The topological polar surface area (TPSA) is 181 Å². The van der Waals surface area contributed by atoms with Crippen molar-refractivity contribution in [1.29, 1.82) is 0 Å². The monoisotopic (exact) mass is 320 g/mol. The largest absolute Gasteiger partial charge is 1.00 e. The summed E-state index contributed by atoms with van der Waals surface area (Å²) in [7, 11) is 0. The Hall–Kier alpha value is 1.29. The zero-order valence-corrected chi connectivity index (χ0v) is 17.6. The number of carboxylic acids is 3. The van der Waals surface area contributed by atoms with Gasteiger partial charge in [0.25, 0.3) is 0 Å². The van der Waals surface area contributed by atoms with E-state index in [-0.39, 0.29) is 102 Å². The fourth-order valence-corrected chi connectivity index (χ4v) is 0.684. The molecule has 0 aliphatic rings. The van der Waals surface area contributed by atoms with Gasteiger partial charge in [0.05, 0.1) is 19.2 Å². The Bertz CT molecular complexity index is 266. The molecule has 0 rings (SSSR count). The quantitative estimate of drug-likeness (QED) is 0.400. The van der Waals surface area contributed by atoms with Gasteiger partial charge < -0.3 is 45.0 Å². The zero-order chi connectivity index (χ0) is 14.1. The molecular weight excluding hydrogens is 309 g/mol. The van der Waals surface area contributed by atoms with Gasteiger partial charge in [0.1, 0.15) is 5.60 Å². The Kier molecular flexibility index (Phi) is 30.3. The third-order valence-electron chi connectivity index (χ3n) is 1.35. The van der Waals surface area contributed by atoms with Gasteiger partial charge in [-0.3, -0.25) is 0 Å². The van der Waals surface area contributed by atoms with Gasteiger partial charge in [-0.1, -0.05) is 0 Å². The summed E-state index contributed by atoms with van der Waals surface area (Å²) in [4.78, 5) is 30.0. The van der Waals surface area contributed by atoms with Gasteiger partial charge in [0, 0.05) is 24.8 Å². The van der Waals surface area contributed by atoms with Crippen LogP contribution in [-0.4, -0.2) is 52.0 Å². The molecule has 0 aromatic heterocycles. The molecule has 0 saturated heterocycles. The first-order chi connectivity index (χ1) is 7.69. The number of rotatable bonds is 6. The Morgan fingerprint density at radius 2 is 1.05 bits per heavy atom. The van der Waals surface area contributed by atoms with Crippen LogP contribution in [0.3, 0.4) is 0 Å². The van der Waals surface area contributed by atoms with Crippen molar-refractivity contribution in [3.05, 3.63) is 0 Å². The summed E-state index contributed by atoms with van der Waals surface area (Å²) >= 11 is 0. The molecule has 100 valence electrons. The van der Waals surface area contributed by atoms with Crippen LogP contribution in [-0.2, 0) is 14.4 Å². The Morgan fingerprint density at radius 1 is 0.800 bits per heavy atom. The van der Waals surface area contributed by atoms with E-state index >= 15 is 0 Å². The third kappa shape index (κ3) is 19.3. The molecule has 0 spiro atoms. The molecule has 20 heavy (non-hydrogen) atoms. The number of aliphatic carboxylic acids is 3. The van der Waals surface area contributed by atoms with Crippen LogP contribution >= 0.6 is 0 Å². The molecule has 0 bridgehead atoms. The average Bonchev–Trinajstić information content (AvgIpc) is 2.15. The van der Waals surface area contributed by atoms with Gasteiger partial charge in [-0.05, 0) is 0 Å². The normalized spacial score (nSPS) is 8.55. The fraction of sp³-hybridized carbons (Fsp3) is 0.625. The van der Waals surface area contributed by atoms with Crippen molar-refractivity contribution in [2.24, 2.45) is 0 Å². The number of aliphatic hydroxyl groups is 3. The van der Waals surface area contributed by atoms with Crippen molar-refractivity contribution >= 4 is 17.9 Å². The van der Waals surface area contributed by atoms with E-state index in [4.69, 9.17) is 15.3 Å². The minimum absolute atomic E-state index is 0. The molecule has 0 aromatic rings. The molecule has 0 saturated carbocycles. The van der Waals surface area contributed by atoms with Crippen LogP contribution in [0.2, 0.25) is 0 Å². The molecule has 9 nitrogen and oxygen atoms in total. The van der Waals surface area contributed by atoms with Gasteiger partial charge >= 0.3 is 88.7 Å². The van der Waals surface area contributed by atoms with Gasteiger partial charge in [0.2, 0.25) is 0 Å². The molecule has 3 N–H and O–H groups in total. The van der Waals surface area contributed by atoms with Crippen molar-refractivity contribution in [2.75, 3.05) is 13.2 Å². The van der Waals surface area contributed by atoms with Crippen molar-refractivity contribution in [3.8, 4) is 0 Å². The molecule has 0 atom stereocenters. The molecule has 0 aliphatic heterocycles. The first kappa shape index (κ1) is 33.0. The summed E-state index contributed by atoms with van der Waals surface area (Å²) in [5.74, 6) is -5.98. The average molecular weight is 320 g/mol. The van der Waals surface area contributed by atoms with Gasteiger partial charge in [0.15, 0.2) is 0 Å². The molecule has 0 radical (unpaired) electrons. The molecule has 0 unspecified atom stereocenters. The van der Waals surface area contributed by atoms with Crippen LogP contribution in [0.15, 0.2) is 0 Å². The molecular formula is C8H11Na3O9. The predicted molar refractivity (Wildman–Crippen MR) is 43.4 cm³/mol. The number of carbonyl (C=O) groups excluding carboxylic acids is 3. The van der Waals surface area contributed by atoms with Crippen LogP contribution < -0.4 is 104 Å². The molecule has 0 aliphatic carbocycles. The minimum Gasteiger partial charge on any atom is -0.550 e. The Morgan fingerprint density at radius 3 is 1.15 bits per heavy atom. The SMILES string of the molecule is O=C([O-])CC(O)(CC(=O)[O-])C(=O)[O-].OCCO.[Na+].[Na+].[Na+]. The van der Waals surface area contributed by atoms with Crippen molar-refractivity contribution in [1.82, 2.24) is 0 Å². The van der Waals surface area contributed by atoms with Gasteiger partial charge in [-0.15, -0.1) is 0 Å². The van der Waals surface area contributed by atoms with E-state index in [2.05, 4.69) is 0 Å². The first-order valence-corrected chi connectivity index (χ1v) is 4.25. The van der Waals surface area contributed by atoms with Crippen molar-refractivity contribution in [2.45, 2.75) is 18.4 Å². The maximum atomic E-state index is 10.1. The van der Waals surface area contributed by atoms with E-state index in [1.807, 2.05) is 0 Å². The van der Waals surface area contributed by atoms with Crippen LogP contribution in [0.25, 0.3) is 0 Å². The first-order valence-electron chi connectivity index (χ1n) is 4.25. The summed E-state index contributed by atoms with van der Waals surface area (Å²) in [6.07, 6.45) is -2.72. The van der Waals surface area contributed by atoms with Crippen LogP contribution in [0.1, 0.15) is 12.8 Å². The standard InChI is InChI=1S/C6H8O7.C2H6O2.3Na/c7-3(8)1-6(13,5(11)12)2-4(9)10;3-1-2-4;;;/h13H,1-2H2,(H,7,8)(H,9,10)(H,11,12);3-4H,1-2H2;;;/q;;3*+1/p-3. The Balaban J connectivity index is -0.0000000951. The van der Waals surface area contributed by atoms with E-state index in [9.17, 15) is 29.7 Å². The van der Waals surface area contributed by atoms with E-state index in [1.165, 1.54) is 0 Å². The third-order valence-corrected chi connectivity index (χ3v) is 1.35. The molecule has 0 heterocycles. The fourth-order valence-electron chi connectivity index (χ4n) is 0.684. The second-order valence-electron chi connectivity index (χ2n) is 2.86. The summed E-state index contributed by atoms with van der Waals surface area (Å²) < 4.78 is 0. The molecule has 0 aromatic carbocycles. The van der Waals surface area contributed by atoms with Gasteiger partial charge in [-0.25, -0.2) is 0 Å². The summed E-state index contributed by atoms with van der Waals surface area (Å²) in [5.41, 5.74) is -2.97. The van der Waals surface area contributed by atoms with E-state index in [1.54, 1.807) is 0 Å². The summed E-state index contributed by atoms with van der Waals surface area (Å²) in [6.45, 7) is -0.250. The van der Waals surface area contributed by atoms with Crippen molar-refractivity contribution < 1.29 is 134 Å². The second kappa shape index (κ2) is 18.3. The zero-order valence-electron chi connectivity index (χ0n) is 11.6. The Labute approximate surface area is 181 Å². The molecule has 0 amide bonds. The smallest absolute Gasteiger partial charge is 0.550 e. The second-order valence-corrected chi connectivity index (χ2v) is 2.86. The number of hydrogen-bond acceptors (Lipinski definition) is 9.